The number of rotatable bonds is 4. The van der Waals surface area contributed by atoms with E-state index in [4.69, 9.17) is 4.74 Å². The van der Waals surface area contributed by atoms with Crippen LogP contribution in [0.5, 0.6) is 0 Å². The molecule has 0 aromatic heterocycles. The maximum absolute atomic E-state index is 5.40. The number of hydrogen-bond donors (Lipinski definition) is 0. The molecule has 0 aliphatic heterocycles. The fourth-order valence-corrected chi connectivity index (χ4v) is 1.67. The van der Waals surface area contributed by atoms with Gasteiger partial charge in [0.25, 0.3) is 0 Å². The summed E-state index contributed by atoms with van der Waals surface area (Å²) in [5.74, 6) is 0.994. The molecule has 0 unspecified atom stereocenters. The Bertz CT molecular complexity index is 354. The molecule has 80 valence electrons. The smallest absolute Gasteiger partial charge is 0.103 e. The van der Waals surface area contributed by atoms with Crippen LogP contribution in [-0.4, -0.2) is 7.11 Å². The first-order valence-electron chi connectivity index (χ1n) is 5.19. The third-order valence-electron chi connectivity index (χ3n) is 2.34. The molecule has 0 saturated carbocycles. The van der Waals surface area contributed by atoms with E-state index in [0.717, 1.165) is 23.3 Å². The van der Waals surface area contributed by atoms with Crippen molar-refractivity contribution in [2.75, 3.05) is 7.11 Å². The Kier molecular flexibility index (Phi) is 4.17. The van der Waals surface area contributed by atoms with Gasteiger partial charge in [0.15, 0.2) is 0 Å². The zero-order valence-corrected chi connectivity index (χ0v) is 9.71. The molecule has 0 radical (unpaired) electrons. The van der Waals surface area contributed by atoms with Crippen LogP contribution in [-0.2, 0) is 4.74 Å². The lowest BCUT2D eigenvalue weighted by atomic mass is 9.98. The molecule has 1 nitrogen and oxygen atoms in total. The first-order chi connectivity index (χ1) is 7.20. The van der Waals surface area contributed by atoms with Crippen molar-refractivity contribution in [3.05, 3.63) is 53.8 Å². The molecule has 0 N–H and O–H groups in total. The minimum Gasteiger partial charge on any atom is -0.500 e. The third-order valence-corrected chi connectivity index (χ3v) is 2.34. The maximum Gasteiger partial charge on any atom is 0.103 e. The number of benzene rings is 1. The van der Waals surface area contributed by atoms with Crippen LogP contribution in [0, 0.1) is 0 Å². The van der Waals surface area contributed by atoms with Crippen LogP contribution in [0.4, 0.5) is 0 Å². The van der Waals surface area contributed by atoms with E-state index in [1.54, 1.807) is 7.11 Å². The van der Waals surface area contributed by atoms with Gasteiger partial charge in [0.05, 0.1) is 7.11 Å². The summed E-state index contributed by atoms with van der Waals surface area (Å²) < 4.78 is 5.40. The quantitative estimate of drug-likeness (QED) is 0.529. The molecule has 0 atom stereocenters. The molecule has 0 fully saturated rings. The zero-order valence-electron chi connectivity index (χ0n) is 9.71. The standard InChI is InChI=1S/C14H18O/c1-5-13(15-4)14(11(2)3)12-9-7-6-8-10-12/h6-10H,2,5H2,1,3-4H3/b14-13-. The Balaban J connectivity index is 3.26. The van der Waals surface area contributed by atoms with Crippen molar-refractivity contribution >= 4 is 5.57 Å². The van der Waals surface area contributed by atoms with Crippen LogP contribution >= 0.6 is 0 Å². The van der Waals surface area contributed by atoms with Gasteiger partial charge in [-0.05, 0) is 18.1 Å². The van der Waals surface area contributed by atoms with E-state index in [2.05, 4.69) is 25.6 Å². The summed E-state index contributed by atoms with van der Waals surface area (Å²) in [5.41, 5.74) is 3.34. The van der Waals surface area contributed by atoms with Gasteiger partial charge in [-0.3, -0.25) is 0 Å². The van der Waals surface area contributed by atoms with Crippen molar-refractivity contribution < 1.29 is 4.74 Å². The van der Waals surface area contributed by atoms with Crippen LogP contribution in [0.3, 0.4) is 0 Å². The minimum absolute atomic E-state index is 0.883. The minimum atomic E-state index is 0.883. The lowest BCUT2D eigenvalue weighted by Crippen LogP contribution is -1.94. The largest absolute Gasteiger partial charge is 0.500 e. The number of methoxy groups -OCH3 is 1. The SMILES string of the molecule is C=C(C)/C(=C(\CC)OC)c1ccccc1. The number of allylic oxidation sites excluding steroid dienone is 3. The van der Waals surface area contributed by atoms with Crippen molar-refractivity contribution in [3.8, 4) is 0 Å². The van der Waals surface area contributed by atoms with E-state index in [0.29, 0.717) is 0 Å². The van der Waals surface area contributed by atoms with Crippen LogP contribution in [0.25, 0.3) is 5.57 Å². The highest BCUT2D eigenvalue weighted by atomic mass is 16.5. The lowest BCUT2D eigenvalue weighted by Gasteiger charge is -2.13. The molecule has 1 aromatic rings. The monoisotopic (exact) mass is 202 g/mol. The predicted octanol–water partition coefficient (Wildman–Crippen LogP) is 4.03. The van der Waals surface area contributed by atoms with Gasteiger partial charge in [-0.2, -0.15) is 0 Å². The molecule has 0 saturated heterocycles. The molecule has 15 heavy (non-hydrogen) atoms. The predicted molar refractivity (Wildman–Crippen MR) is 65.5 cm³/mol. The molecule has 1 aromatic carbocycles. The molecule has 1 rings (SSSR count). The molecule has 0 aliphatic rings. The molecule has 0 aliphatic carbocycles. The van der Waals surface area contributed by atoms with E-state index < -0.39 is 0 Å². The summed E-state index contributed by atoms with van der Waals surface area (Å²) in [7, 11) is 1.71. The highest BCUT2D eigenvalue weighted by Gasteiger charge is 2.08. The van der Waals surface area contributed by atoms with Crippen molar-refractivity contribution in [3.63, 3.8) is 0 Å². The fourth-order valence-electron chi connectivity index (χ4n) is 1.67. The van der Waals surface area contributed by atoms with Crippen molar-refractivity contribution in [2.24, 2.45) is 0 Å². The van der Waals surface area contributed by atoms with Gasteiger partial charge in [-0.1, -0.05) is 43.8 Å². The normalized spacial score (nSPS) is 11.9. The molecule has 1 heteroatoms. The van der Waals surface area contributed by atoms with Crippen LogP contribution in [0.15, 0.2) is 48.2 Å². The van der Waals surface area contributed by atoms with E-state index in [-0.39, 0.29) is 0 Å². The first-order valence-corrected chi connectivity index (χ1v) is 5.19. The fraction of sp³-hybridized carbons (Fsp3) is 0.286. The molecule has 0 amide bonds. The second-order valence-corrected chi connectivity index (χ2v) is 3.50. The summed E-state index contributed by atoms with van der Waals surface area (Å²) in [4.78, 5) is 0. The molecule has 0 heterocycles. The summed E-state index contributed by atoms with van der Waals surface area (Å²) >= 11 is 0. The van der Waals surface area contributed by atoms with E-state index in [1.165, 1.54) is 5.56 Å². The average molecular weight is 202 g/mol. The van der Waals surface area contributed by atoms with Crippen LogP contribution in [0.2, 0.25) is 0 Å². The molecule has 0 bridgehead atoms. The van der Waals surface area contributed by atoms with E-state index in [1.807, 2.05) is 25.1 Å². The number of ether oxygens (including phenoxy) is 1. The molecule has 0 spiro atoms. The summed E-state index contributed by atoms with van der Waals surface area (Å²) in [6, 6.07) is 10.2. The van der Waals surface area contributed by atoms with Crippen molar-refractivity contribution in [1.29, 1.82) is 0 Å². The van der Waals surface area contributed by atoms with Gasteiger partial charge in [-0.15, -0.1) is 0 Å². The van der Waals surface area contributed by atoms with Crippen molar-refractivity contribution in [1.82, 2.24) is 0 Å². The lowest BCUT2D eigenvalue weighted by molar-refractivity contribution is 0.283. The third kappa shape index (κ3) is 2.72. The second-order valence-electron chi connectivity index (χ2n) is 3.50. The zero-order chi connectivity index (χ0) is 11.3. The first kappa shape index (κ1) is 11.6. The Morgan fingerprint density at radius 3 is 2.27 bits per heavy atom. The Morgan fingerprint density at radius 2 is 1.87 bits per heavy atom. The van der Waals surface area contributed by atoms with Crippen LogP contribution in [0.1, 0.15) is 25.8 Å². The second kappa shape index (κ2) is 5.40. The van der Waals surface area contributed by atoms with Gasteiger partial charge in [0.1, 0.15) is 5.76 Å². The summed E-state index contributed by atoms with van der Waals surface area (Å²) in [5, 5.41) is 0. The Hall–Kier alpha value is -1.50. The highest BCUT2D eigenvalue weighted by Crippen LogP contribution is 2.27. The maximum atomic E-state index is 5.40. The Labute approximate surface area is 92.1 Å². The van der Waals surface area contributed by atoms with E-state index in [9.17, 15) is 0 Å². The van der Waals surface area contributed by atoms with Gasteiger partial charge < -0.3 is 4.74 Å². The van der Waals surface area contributed by atoms with Crippen molar-refractivity contribution in [2.45, 2.75) is 20.3 Å². The topological polar surface area (TPSA) is 9.23 Å². The van der Waals surface area contributed by atoms with Gasteiger partial charge >= 0.3 is 0 Å². The van der Waals surface area contributed by atoms with Crippen LogP contribution < -0.4 is 0 Å². The highest BCUT2D eigenvalue weighted by molar-refractivity contribution is 5.79. The number of hydrogen-bond acceptors (Lipinski definition) is 1. The average Bonchev–Trinajstić information content (AvgIpc) is 2.26. The van der Waals surface area contributed by atoms with Gasteiger partial charge in [0.2, 0.25) is 0 Å². The summed E-state index contributed by atoms with van der Waals surface area (Å²) in [6.07, 6.45) is 0.883. The summed E-state index contributed by atoms with van der Waals surface area (Å²) in [6.45, 7) is 8.11. The van der Waals surface area contributed by atoms with E-state index >= 15 is 0 Å². The molecular formula is C14H18O. The van der Waals surface area contributed by atoms with Gasteiger partial charge in [-0.25, -0.2) is 0 Å². The molecular weight excluding hydrogens is 184 g/mol. The Morgan fingerprint density at radius 1 is 1.27 bits per heavy atom. The van der Waals surface area contributed by atoms with Gasteiger partial charge in [0, 0.05) is 12.0 Å².